The molecule has 0 fully saturated rings. The van der Waals surface area contributed by atoms with E-state index in [1.165, 1.54) is 82.0 Å². The normalized spacial score (nSPS) is 13.1. The summed E-state index contributed by atoms with van der Waals surface area (Å²) in [6, 6.07) is 8.92. The molecule has 0 aromatic heterocycles. The minimum atomic E-state index is 0. The van der Waals surface area contributed by atoms with Crippen molar-refractivity contribution in [1.29, 1.82) is 0 Å². The number of nitrogens with zero attached hydrogens (tertiary/aromatic N) is 1. The predicted molar refractivity (Wildman–Crippen MR) is 112 cm³/mol. The van der Waals surface area contributed by atoms with Crippen molar-refractivity contribution in [2.24, 2.45) is 0 Å². The summed E-state index contributed by atoms with van der Waals surface area (Å²) in [5.41, 5.74) is 2.64. The molecule has 0 aliphatic rings. The second-order valence-corrected chi connectivity index (χ2v) is 7.41. The zero-order chi connectivity index (χ0) is 17.7. The van der Waals surface area contributed by atoms with E-state index in [1.54, 1.807) is 0 Å². The number of halogens is 1. The third-order valence-electron chi connectivity index (χ3n) is 5.46. The fourth-order valence-corrected chi connectivity index (χ4v) is 3.39. The van der Waals surface area contributed by atoms with Gasteiger partial charge < -0.3 is 12.4 Å². The van der Waals surface area contributed by atoms with E-state index < -0.39 is 0 Å². The fourth-order valence-electron chi connectivity index (χ4n) is 3.39. The van der Waals surface area contributed by atoms with E-state index in [0.29, 0.717) is 0 Å². The van der Waals surface area contributed by atoms with Crippen LogP contribution in [0.1, 0.15) is 83.6 Å². The average Bonchev–Trinajstić information content (AvgIpc) is 2.63. The van der Waals surface area contributed by atoms with Gasteiger partial charge in [0.2, 0.25) is 0 Å². The van der Waals surface area contributed by atoms with E-state index in [0.717, 1.165) is 11.0 Å². The largest absolute Gasteiger partial charge is 1.00 e. The molecule has 0 N–H and O–H groups in total. The molecule has 1 aromatic carbocycles. The Balaban J connectivity index is 0.00000576. The quantitative estimate of drug-likeness (QED) is 0.342. The Bertz CT molecular complexity index is 440. The van der Waals surface area contributed by atoms with Crippen LogP contribution in [0, 0.1) is 0 Å². The molecule has 0 spiro atoms. The Morgan fingerprint density at radius 3 is 1.72 bits per heavy atom. The van der Waals surface area contributed by atoms with Crippen LogP contribution in [0.25, 0.3) is 6.08 Å². The Hall–Kier alpha value is -0.790. The molecule has 1 aromatic rings. The minimum Gasteiger partial charge on any atom is -1.00 e. The van der Waals surface area contributed by atoms with E-state index in [2.05, 4.69) is 51.7 Å². The summed E-state index contributed by atoms with van der Waals surface area (Å²) in [5.74, 6) is 0. The van der Waals surface area contributed by atoms with Gasteiger partial charge in [0.25, 0.3) is 0 Å². The maximum atomic E-state index is 3.84. The summed E-state index contributed by atoms with van der Waals surface area (Å²) in [6.45, 7) is 10.8. The third-order valence-corrected chi connectivity index (χ3v) is 5.46. The molecule has 1 rings (SSSR count). The molecule has 0 heterocycles. The lowest BCUT2D eigenvalue weighted by Gasteiger charge is -2.33. The van der Waals surface area contributed by atoms with Crippen LogP contribution in [-0.4, -0.2) is 20.1 Å². The summed E-state index contributed by atoms with van der Waals surface area (Å²) in [7, 11) is 2.37. The van der Waals surface area contributed by atoms with Crippen molar-refractivity contribution in [1.82, 2.24) is 4.48 Å². The number of hydrogen-bond donors (Lipinski definition) is 0. The molecule has 1 atom stereocenters. The molecule has 0 radical (unpaired) electrons. The predicted octanol–water partition coefficient (Wildman–Crippen LogP) is 4.21. The zero-order valence-corrected chi connectivity index (χ0v) is 17.7. The molecule has 0 bridgehead atoms. The molecular weight excluding hydrogens is 326 g/mol. The molecule has 0 aliphatic carbocycles. The highest BCUT2D eigenvalue weighted by atomic mass is 35.5. The lowest BCUT2D eigenvalue weighted by molar-refractivity contribution is -0.00000524. The zero-order valence-electron chi connectivity index (χ0n) is 16.9. The Morgan fingerprint density at radius 1 is 0.800 bits per heavy atom. The average molecular weight is 366 g/mol. The monoisotopic (exact) mass is 365 g/mol. The highest BCUT2D eigenvalue weighted by Crippen LogP contribution is 2.23. The first-order valence-electron chi connectivity index (χ1n) is 10.2. The molecule has 144 valence electrons. The molecule has 25 heavy (non-hydrogen) atoms. The summed E-state index contributed by atoms with van der Waals surface area (Å²) in [5, 5.41) is 0. The van der Waals surface area contributed by atoms with Gasteiger partial charge in [-0.05, 0) is 49.6 Å². The molecule has 0 aliphatic heterocycles. The molecular formula is C23H40ClN. The van der Waals surface area contributed by atoms with Gasteiger partial charge in [-0.25, -0.2) is 0 Å². The van der Waals surface area contributed by atoms with E-state index >= 15 is 0 Å². The van der Waals surface area contributed by atoms with Crippen molar-refractivity contribution in [2.45, 2.75) is 78.1 Å². The highest BCUT2D eigenvalue weighted by Gasteiger charge is 2.21. The van der Waals surface area contributed by atoms with E-state index in [1.807, 2.05) is 6.08 Å². The van der Waals surface area contributed by atoms with Gasteiger partial charge in [0, 0.05) is 0 Å². The Labute approximate surface area is 163 Å². The van der Waals surface area contributed by atoms with Gasteiger partial charge in [-0.3, -0.25) is 4.48 Å². The van der Waals surface area contributed by atoms with Crippen LogP contribution in [0.4, 0.5) is 5.69 Å². The number of benzene rings is 1. The van der Waals surface area contributed by atoms with Crippen molar-refractivity contribution in [2.75, 3.05) is 20.1 Å². The number of rotatable bonds is 14. The van der Waals surface area contributed by atoms with Gasteiger partial charge in [0.05, 0.1) is 20.1 Å². The van der Waals surface area contributed by atoms with Crippen LogP contribution in [0.3, 0.4) is 0 Å². The third kappa shape index (κ3) is 9.47. The molecule has 0 saturated carbocycles. The number of hydrogen-bond acceptors (Lipinski definition) is 0. The molecule has 0 amide bonds. The minimum absolute atomic E-state index is 0. The van der Waals surface area contributed by atoms with Crippen molar-refractivity contribution < 1.29 is 12.4 Å². The van der Waals surface area contributed by atoms with Gasteiger partial charge in [0.15, 0.2) is 0 Å². The summed E-state index contributed by atoms with van der Waals surface area (Å²) in [4.78, 5) is 0. The van der Waals surface area contributed by atoms with E-state index in [4.69, 9.17) is 0 Å². The topological polar surface area (TPSA) is 0 Å². The second kappa shape index (κ2) is 14.4. The maximum absolute atomic E-state index is 3.84. The Morgan fingerprint density at radius 2 is 1.28 bits per heavy atom. The standard InChI is InChI=1S/C23H40N.ClH/c1-5-8-9-10-11-12-13-14-15-16-21-24(4,7-3)23-19-17-22(6-2)18-20-23;/h6,17-20H,2,5,7-16,21H2,1,3-4H3;1H/q+1;/p-1. The lowest BCUT2D eigenvalue weighted by atomic mass is 10.1. The maximum Gasteiger partial charge on any atom is 0.132 e. The lowest BCUT2D eigenvalue weighted by Crippen LogP contribution is -3.00. The smallest absolute Gasteiger partial charge is 0.132 e. The number of quaternary nitrogens is 1. The molecule has 1 unspecified atom stereocenters. The SMILES string of the molecule is C=Cc1ccc([N+](C)(CC)CCCCCCCCCCCC)cc1.[Cl-]. The first-order chi connectivity index (χ1) is 11.7. The summed E-state index contributed by atoms with van der Waals surface area (Å²) in [6.07, 6.45) is 16.0. The summed E-state index contributed by atoms with van der Waals surface area (Å²) >= 11 is 0. The first-order valence-corrected chi connectivity index (χ1v) is 10.2. The van der Waals surface area contributed by atoms with Crippen molar-refractivity contribution in [3.05, 3.63) is 36.4 Å². The van der Waals surface area contributed by atoms with Crippen molar-refractivity contribution in [3.8, 4) is 0 Å². The van der Waals surface area contributed by atoms with Crippen LogP contribution in [-0.2, 0) is 0 Å². The van der Waals surface area contributed by atoms with Crippen LogP contribution >= 0.6 is 0 Å². The number of unbranched alkanes of at least 4 members (excludes halogenated alkanes) is 9. The van der Waals surface area contributed by atoms with Gasteiger partial charge >= 0.3 is 0 Å². The van der Waals surface area contributed by atoms with Gasteiger partial charge in [-0.2, -0.15) is 0 Å². The molecule has 1 nitrogen and oxygen atoms in total. The van der Waals surface area contributed by atoms with Gasteiger partial charge in [-0.15, -0.1) is 0 Å². The van der Waals surface area contributed by atoms with E-state index in [-0.39, 0.29) is 12.4 Å². The second-order valence-electron chi connectivity index (χ2n) is 7.41. The highest BCUT2D eigenvalue weighted by molar-refractivity contribution is 5.53. The fraction of sp³-hybridized carbons (Fsp3) is 0.652. The molecule has 0 saturated heterocycles. The van der Waals surface area contributed by atoms with Crippen LogP contribution in [0.15, 0.2) is 30.8 Å². The van der Waals surface area contributed by atoms with Crippen LogP contribution in [0.5, 0.6) is 0 Å². The Kier molecular flexibility index (Phi) is 13.9. The van der Waals surface area contributed by atoms with Crippen LogP contribution in [0.2, 0.25) is 0 Å². The van der Waals surface area contributed by atoms with Crippen LogP contribution < -0.4 is 16.9 Å². The van der Waals surface area contributed by atoms with Gasteiger partial charge in [0.1, 0.15) is 5.69 Å². The molecule has 2 heteroatoms. The van der Waals surface area contributed by atoms with E-state index in [9.17, 15) is 0 Å². The summed E-state index contributed by atoms with van der Waals surface area (Å²) < 4.78 is 1.05. The van der Waals surface area contributed by atoms with Crippen molar-refractivity contribution in [3.63, 3.8) is 0 Å². The van der Waals surface area contributed by atoms with Gasteiger partial charge in [-0.1, -0.05) is 70.9 Å². The van der Waals surface area contributed by atoms with Crippen molar-refractivity contribution >= 4 is 11.8 Å². The first kappa shape index (κ1) is 24.2.